The highest BCUT2D eigenvalue weighted by atomic mass is 79.9. The largest absolute Gasteiger partial charge is 0.481 e. The number of primary amides is 1. The molecule has 0 saturated carbocycles. The van der Waals surface area contributed by atoms with Crippen LogP contribution in [0.4, 0.5) is 0 Å². The fourth-order valence-electron chi connectivity index (χ4n) is 1.20. The molecule has 0 bridgehead atoms. The van der Waals surface area contributed by atoms with Crippen LogP contribution in [0.5, 0.6) is 5.75 Å². The number of carbonyl (C=O) groups excluding carboxylic acids is 1. The molecule has 3 nitrogen and oxygen atoms in total. The van der Waals surface area contributed by atoms with E-state index >= 15 is 0 Å². The zero-order chi connectivity index (χ0) is 11.4. The van der Waals surface area contributed by atoms with Crippen molar-refractivity contribution in [2.75, 3.05) is 0 Å². The molecular weight excluding hydrogens is 258 g/mol. The van der Waals surface area contributed by atoms with E-state index in [0.29, 0.717) is 12.2 Å². The lowest BCUT2D eigenvalue weighted by molar-refractivity contribution is -0.124. The van der Waals surface area contributed by atoms with Crippen LogP contribution >= 0.6 is 15.9 Å². The molecule has 15 heavy (non-hydrogen) atoms. The van der Waals surface area contributed by atoms with Gasteiger partial charge in [0.15, 0.2) is 6.10 Å². The third kappa shape index (κ3) is 3.23. The van der Waals surface area contributed by atoms with Crippen molar-refractivity contribution >= 4 is 21.8 Å². The Kier molecular flexibility index (Phi) is 4.15. The van der Waals surface area contributed by atoms with Crippen LogP contribution < -0.4 is 10.5 Å². The number of rotatable bonds is 4. The van der Waals surface area contributed by atoms with E-state index in [9.17, 15) is 4.79 Å². The Bertz CT molecular complexity index is 366. The second-order valence-corrected chi connectivity index (χ2v) is 4.18. The van der Waals surface area contributed by atoms with Crippen molar-refractivity contribution in [1.82, 2.24) is 0 Å². The summed E-state index contributed by atoms with van der Waals surface area (Å²) >= 11 is 3.39. The molecule has 1 aromatic rings. The highest BCUT2D eigenvalue weighted by Gasteiger charge is 2.14. The van der Waals surface area contributed by atoms with E-state index in [2.05, 4.69) is 15.9 Å². The number of aryl methyl sites for hydroxylation is 1. The number of amides is 1. The summed E-state index contributed by atoms with van der Waals surface area (Å²) < 4.78 is 6.48. The lowest BCUT2D eigenvalue weighted by atomic mass is 10.2. The van der Waals surface area contributed by atoms with E-state index in [0.717, 1.165) is 10.0 Å². The molecule has 0 fully saturated rings. The molecule has 82 valence electrons. The molecule has 0 aliphatic heterocycles. The monoisotopic (exact) mass is 271 g/mol. The summed E-state index contributed by atoms with van der Waals surface area (Å²) in [6.07, 6.45) is 0.0235. The third-order valence-corrected chi connectivity index (χ3v) is 2.99. The van der Waals surface area contributed by atoms with Gasteiger partial charge in [0.05, 0.1) is 0 Å². The summed E-state index contributed by atoms with van der Waals surface area (Å²) in [5, 5.41) is 0. The van der Waals surface area contributed by atoms with Gasteiger partial charge in [0.2, 0.25) is 0 Å². The normalized spacial score (nSPS) is 12.2. The molecule has 0 saturated heterocycles. The van der Waals surface area contributed by atoms with E-state index in [1.54, 1.807) is 0 Å². The predicted molar refractivity (Wildman–Crippen MR) is 62.8 cm³/mol. The van der Waals surface area contributed by atoms with Gasteiger partial charge in [-0.15, -0.1) is 0 Å². The fraction of sp³-hybridized carbons (Fsp3) is 0.364. The van der Waals surface area contributed by atoms with Crippen molar-refractivity contribution in [1.29, 1.82) is 0 Å². The Hall–Kier alpha value is -1.03. The van der Waals surface area contributed by atoms with Crippen molar-refractivity contribution in [3.05, 3.63) is 28.2 Å². The molecule has 0 radical (unpaired) electrons. The number of benzene rings is 1. The first-order valence-corrected chi connectivity index (χ1v) is 5.56. The Labute approximate surface area is 97.7 Å². The van der Waals surface area contributed by atoms with Crippen LogP contribution in [0.1, 0.15) is 18.9 Å². The van der Waals surface area contributed by atoms with Gasteiger partial charge in [-0.25, -0.2) is 0 Å². The van der Waals surface area contributed by atoms with Crippen LogP contribution in [-0.4, -0.2) is 12.0 Å². The molecule has 0 aliphatic carbocycles. The summed E-state index contributed by atoms with van der Waals surface area (Å²) in [6.45, 7) is 3.82. The third-order valence-electron chi connectivity index (χ3n) is 2.10. The average Bonchev–Trinajstić information content (AvgIpc) is 2.19. The second kappa shape index (κ2) is 5.16. The van der Waals surface area contributed by atoms with Gasteiger partial charge in [0.1, 0.15) is 5.75 Å². The van der Waals surface area contributed by atoms with Gasteiger partial charge in [0, 0.05) is 4.47 Å². The van der Waals surface area contributed by atoms with Crippen molar-refractivity contribution in [3.8, 4) is 5.75 Å². The summed E-state index contributed by atoms with van der Waals surface area (Å²) in [4.78, 5) is 11.0. The summed E-state index contributed by atoms with van der Waals surface area (Å²) in [5.74, 6) is 0.236. The van der Waals surface area contributed by atoms with Crippen molar-refractivity contribution < 1.29 is 9.53 Å². The number of carbonyl (C=O) groups is 1. The lowest BCUT2D eigenvalue weighted by Gasteiger charge is -2.14. The van der Waals surface area contributed by atoms with Gasteiger partial charge >= 0.3 is 0 Å². The minimum absolute atomic E-state index is 0.432. The highest BCUT2D eigenvalue weighted by Crippen LogP contribution is 2.22. The number of hydrogen-bond acceptors (Lipinski definition) is 2. The molecule has 0 heterocycles. The first-order chi connectivity index (χ1) is 7.04. The minimum atomic E-state index is -0.550. The molecule has 1 unspecified atom stereocenters. The van der Waals surface area contributed by atoms with Gasteiger partial charge in [-0.1, -0.05) is 22.9 Å². The number of halogens is 1. The summed E-state index contributed by atoms with van der Waals surface area (Å²) in [5.41, 5.74) is 6.25. The predicted octanol–water partition coefficient (Wildman–Crippen LogP) is 2.40. The van der Waals surface area contributed by atoms with Crippen LogP contribution in [0.15, 0.2) is 22.7 Å². The number of ether oxygens (including phenoxy) is 1. The number of hydrogen-bond donors (Lipinski definition) is 1. The molecule has 1 rings (SSSR count). The fourth-order valence-corrected chi connectivity index (χ4v) is 1.44. The van der Waals surface area contributed by atoms with Crippen molar-refractivity contribution in [2.45, 2.75) is 26.4 Å². The molecule has 1 amide bonds. The quantitative estimate of drug-likeness (QED) is 0.915. The number of nitrogens with two attached hydrogens (primary N) is 1. The second-order valence-electron chi connectivity index (χ2n) is 3.33. The van der Waals surface area contributed by atoms with Gasteiger partial charge in [-0.2, -0.15) is 0 Å². The standard InChI is InChI=1S/C11H14BrNO2/c1-3-10(11(13)14)15-8-4-5-9(12)7(2)6-8/h4-6,10H,3H2,1-2H3,(H2,13,14). The molecule has 4 heteroatoms. The van der Waals surface area contributed by atoms with Crippen LogP contribution in [0.2, 0.25) is 0 Å². The van der Waals surface area contributed by atoms with E-state index < -0.39 is 12.0 Å². The molecule has 1 atom stereocenters. The molecule has 0 spiro atoms. The Balaban J connectivity index is 2.80. The Morgan fingerprint density at radius 3 is 2.73 bits per heavy atom. The lowest BCUT2D eigenvalue weighted by Crippen LogP contribution is -2.32. The molecule has 0 aliphatic rings. The van der Waals surface area contributed by atoms with Gasteiger partial charge in [-0.05, 0) is 37.1 Å². The minimum Gasteiger partial charge on any atom is -0.481 e. The van der Waals surface area contributed by atoms with Crippen molar-refractivity contribution in [2.24, 2.45) is 5.73 Å². The molecule has 0 aromatic heterocycles. The highest BCUT2D eigenvalue weighted by molar-refractivity contribution is 9.10. The summed E-state index contributed by atoms with van der Waals surface area (Å²) in [6, 6.07) is 5.57. The van der Waals surface area contributed by atoms with Gasteiger partial charge in [0.25, 0.3) is 5.91 Å². The van der Waals surface area contributed by atoms with Gasteiger partial charge < -0.3 is 10.5 Å². The molecule has 1 aromatic carbocycles. The zero-order valence-electron chi connectivity index (χ0n) is 8.79. The maximum atomic E-state index is 11.0. The maximum absolute atomic E-state index is 11.0. The zero-order valence-corrected chi connectivity index (χ0v) is 10.4. The summed E-state index contributed by atoms with van der Waals surface area (Å²) in [7, 11) is 0. The van der Waals surface area contributed by atoms with Crippen LogP contribution in [0.3, 0.4) is 0 Å². The van der Waals surface area contributed by atoms with E-state index in [4.69, 9.17) is 10.5 Å². The Morgan fingerprint density at radius 2 is 2.27 bits per heavy atom. The van der Waals surface area contributed by atoms with Crippen LogP contribution in [0.25, 0.3) is 0 Å². The van der Waals surface area contributed by atoms with Gasteiger partial charge in [-0.3, -0.25) is 4.79 Å². The molecule has 2 N–H and O–H groups in total. The van der Waals surface area contributed by atoms with Crippen LogP contribution in [0, 0.1) is 6.92 Å². The first kappa shape index (κ1) is 12.0. The first-order valence-electron chi connectivity index (χ1n) is 4.76. The maximum Gasteiger partial charge on any atom is 0.258 e. The van der Waals surface area contributed by atoms with Crippen LogP contribution in [-0.2, 0) is 4.79 Å². The Morgan fingerprint density at radius 1 is 1.60 bits per heavy atom. The topological polar surface area (TPSA) is 52.3 Å². The van der Waals surface area contributed by atoms with E-state index in [1.807, 2.05) is 32.0 Å². The van der Waals surface area contributed by atoms with E-state index in [1.165, 1.54) is 0 Å². The molecular formula is C11H14BrNO2. The average molecular weight is 272 g/mol. The van der Waals surface area contributed by atoms with Crippen molar-refractivity contribution in [3.63, 3.8) is 0 Å². The van der Waals surface area contributed by atoms with E-state index in [-0.39, 0.29) is 0 Å². The SMILES string of the molecule is CCC(Oc1ccc(Br)c(C)c1)C(N)=O. The smallest absolute Gasteiger partial charge is 0.258 e.